The number of carbonyl (C=O) groups is 1. The molecule has 0 saturated heterocycles. The lowest BCUT2D eigenvalue weighted by molar-refractivity contribution is -0.167. The number of hydrogen-bond donors (Lipinski definition) is 0. The molecule has 1 saturated carbocycles. The molecule has 1 aromatic carbocycles. The molecular weight excluding hydrogens is 296 g/mol. The van der Waals surface area contributed by atoms with Crippen LogP contribution in [0.5, 0.6) is 0 Å². The number of hydrogen-bond acceptors (Lipinski definition) is 3. The maximum atomic E-state index is 11.4. The fourth-order valence-corrected chi connectivity index (χ4v) is 2.34. The molecule has 0 N–H and O–H groups in total. The van der Waals surface area contributed by atoms with E-state index in [0.29, 0.717) is 19.6 Å². The van der Waals surface area contributed by atoms with Crippen molar-refractivity contribution >= 4 is 21.7 Å². The Bertz CT molecular complexity index is 419. The lowest BCUT2D eigenvalue weighted by Crippen LogP contribution is -2.50. The summed E-state index contributed by atoms with van der Waals surface area (Å²) < 4.78 is 12.2. The largest absolute Gasteiger partial charge is 0.370 e. The van der Waals surface area contributed by atoms with Crippen molar-refractivity contribution in [1.29, 1.82) is 0 Å². The lowest BCUT2D eigenvalue weighted by Gasteiger charge is -2.34. The van der Waals surface area contributed by atoms with Crippen molar-refractivity contribution in [2.45, 2.75) is 38.6 Å². The van der Waals surface area contributed by atoms with Crippen molar-refractivity contribution in [3.8, 4) is 0 Å². The predicted molar refractivity (Wildman–Crippen MR) is 72.4 cm³/mol. The third kappa shape index (κ3) is 3.40. The number of ether oxygens (including phenoxy) is 2. The highest BCUT2D eigenvalue weighted by Gasteiger charge is 2.41. The Morgan fingerprint density at radius 1 is 1.39 bits per heavy atom. The molecule has 2 atom stereocenters. The van der Waals surface area contributed by atoms with Gasteiger partial charge in [-0.15, -0.1) is 0 Å². The third-order valence-electron chi connectivity index (χ3n) is 2.91. The first-order valence-corrected chi connectivity index (χ1v) is 7.00. The molecule has 18 heavy (non-hydrogen) atoms. The van der Waals surface area contributed by atoms with Gasteiger partial charge in [0.15, 0.2) is 5.78 Å². The predicted octanol–water partition coefficient (Wildman–Crippen LogP) is 3.10. The summed E-state index contributed by atoms with van der Waals surface area (Å²) in [5.74, 6) is 0.155. The van der Waals surface area contributed by atoms with Gasteiger partial charge in [0, 0.05) is 17.5 Å². The van der Waals surface area contributed by atoms with E-state index in [-0.39, 0.29) is 18.0 Å². The number of ketones is 1. The first kappa shape index (κ1) is 13.7. The van der Waals surface area contributed by atoms with Gasteiger partial charge >= 0.3 is 0 Å². The van der Waals surface area contributed by atoms with Gasteiger partial charge in [-0.1, -0.05) is 35.0 Å². The number of carbonyl (C=O) groups excluding carboxylic acids is 1. The van der Waals surface area contributed by atoms with Crippen LogP contribution in [-0.2, 0) is 20.9 Å². The molecule has 0 heterocycles. The first-order chi connectivity index (χ1) is 8.70. The normalized spacial score (nSPS) is 22.9. The molecule has 0 bridgehead atoms. The van der Waals surface area contributed by atoms with Crippen LogP contribution in [0.4, 0.5) is 0 Å². The Morgan fingerprint density at radius 3 is 2.89 bits per heavy atom. The van der Waals surface area contributed by atoms with Crippen LogP contribution in [0.25, 0.3) is 0 Å². The van der Waals surface area contributed by atoms with Gasteiger partial charge in [-0.25, -0.2) is 0 Å². The summed E-state index contributed by atoms with van der Waals surface area (Å²) in [6.07, 6.45) is 0.963. The molecule has 2 rings (SSSR count). The average molecular weight is 313 g/mol. The summed E-state index contributed by atoms with van der Waals surface area (Å²) in [5.41, 5.74) is 1.10. The summed E-state index contributed by atoms with van der Waals surface area (Å²) >= 11 is 3.42. The van der Waals surface area contributed by atoms with Crippen molar-refractivity contribution in [2.24, 2.45) is 0 Å². The van der Waals surface area contributed by atoms with Crippen LogP contribution in [0.1, 0.15) is 25.3 Å². The van der Waals surface area contributed by atoms with Crippen molar-refractivity contribution in [1.82, 2.24) is 0 Å². The molecule has 1 aromatic rings. The SMILES string of the molecule is CCCOC1C(=O)CC1OCc1cccc(Br)c1. The van der Waals surface area contributed by atoms with Crippen LogP contribution < -0.4 is 0 Å². The molecule has 0 radical (unpaired) electrons. The van der Waals surface area contributed by atoms with E-state index in [1.54, 1.807) is 0 Å². The highest BCUT2D eigenvalue weighted by Crippen LogP contribution is 2.24. The molecule has 1 aliphatic rings. The number of rotatable bonds is 6. The minimum absolute atomic E-state index is 0.0805. The van der Waals surface area contributed by atoms with Crippen LogP contribution in [-0.4, -0.2) is 24.6 Å². The fourth-order valence-electron chi connectivity index (χ4n) is 1.89. The molecule has 1 fully saturated rings. The summed E-state index contributed by atoms with van der Waals surface area (Å²) in [4.78, 5) is 11.4. The number of benzene rings is 1. The second-order valence-corrected chi connectivity index (χ2v) is 5.36. The van der Waals surface area contributed by atoms with Crippen molar-refractivity contribution in [3.63, 3.8) is 0 Å². The zero-order chi connectivity index (χ0) is 13.0. The van der Waals surface area contributed by atoms with Gasteiger partial charge < -0.3 is 9.47 Å². The summed E-state index contributed by atoms with van der Waals surface area (Å²) in [5, 5.41) is 0. The lowest BCUT2D eigenvalue weighted by atomic mass is 9.90. The molecule has 3 nitrogen and oxygen atoms in total. The van der Waals surface area contributed by atoms with Crippen LogP contribution in [0.3, 0.4) is 0 Å². The quantitative estimate of drug-likeness (QED) is 0.809. The van der Waals surface area contributed by atoms with Gasteiger partial charge in [0.1, 0.15) is 6.10 Å². The van der Waals surface area contributed by atoms with Crippen molar-refractivity contribution in [3.05, 3.63) is 34.3 Å². The van der Waals surface area contributed by atoms with Gasteiger partial charge in [-0.2, -0.15) is 0 Å². The Hall–Kier alpha value is -0.710. The molecular formula is C14H17BrO3. The van der Waals surface area contributed by atoms with E-state index in [2.05, 4.69) is 15.9 Å². The van der Waals surface area contributed by atoms with E-state index in [9.17, 15) is 4.79 Å². The molecule has 4 heteroatoms. The molecule has 0 amide bonds. The maximum Gasteiger partial charge on any atom is 0.166 e. The monoisotopic (exact) mass is 312 g/mol. The Labute approximate surface area is 116 Å². The minimum Gasteiger partial charge on any atom is -0.370 e. The second-order valence-electron chi connectivity index (χ2n) is 4.44. The minimum atomic E-state index is -0.350. The Balaban J connectivity index is 1.81. The second kappa shape index (κ2) is 6.45. The van der Waals surface area contributed by atoms with Crippen LogP contribution in [0.15, 0.2) is 28.7 Å². The maximum absolute atomic E-state index is 11.4. The Kier molecular flexibility index (Phi) is 4.92. The summed E-state index contributed by atoms with van der Waals surface area (Å²) in [7, 11) is 0. The Morgan fingerprint density at radius 2 is 2.22 bits per heavy atom. The standard InChI is InChI=1S/C14H17BrO3/c1-2-6-17-14-12(16)8-13(14)18-9-10-4-3-5-11(15)7-10/h3-5,7,13-14H,2,6,8-9H2,1H3. The number of Topliss-reactive ketones (excluding diaryl/α,β-unsaturated/α-hetero) is 1. The van der Waals surface area contributed by atoms with E-state index >= 15 is 0 Å². The van der Waals surface area contributed by atoms with E-state index in [4.69, 9.17) is 9.47 Å². The smallest absolute Gasteiger partial charge is 0.166 e. The van der Waals surface area contributed by atoms with E-state index in [1.807, 2.05) is 31.2 Å². The van der Waals surface area contributed by atoms with Crippen LogP contribution >= 0.6 is 15.9 Å². The van der Waals surface area contributed by atoms with Crippen molar-refractivity contribution in [2.75, 3.05) is 6.61 Å². The third-order valence-corrected chi connectivity index (χ3v) is 3.41. The molecule has 0 aliphatic heterocycles. The van der Waals surface area contributed by atoms with Crippen molar-refractivity contribution < 1.29 is 14.3 Å². The molecule has 0 spiro atoms. The summed E-state index contributed by atoms with van der Waals surface area (Å²) in [6, 6.07) is 7.97. The van der Waals surface area contributed by atoms with Crippen LogP contribution in [0.2, 0.25) is 0 Å². The topological polar surface area (TPSA) is 35.5 Å². The van der Waals surface area contributed by atoms with Gasteiger partial charge in [-0.3, -0.25) is 4.79 Å². The zero-order valence-corrected chi connectivity index (χ0v) is 12.0. The van der Waals surface area contributed by atoms with E-state index < -0.39 is 0 Å². The molecule has 0 aromatic heterocycles. The van der Waals surface area contributed by atoms with E-state index in [1.165, 1.54) is 0 Å². The van der Waals surface area contributed by atoms with Gasteiger partial charge in [0.05, 0.1) is 12.7 Å². The number of halogens is 1. The highest BCUT2D eigenvalue weighted by atomic mass is 79.9. The van der Waals surface area contributed by atoms with Crippen LogP contribution in [0, 0.1) is 0 Å². The van der Waals surface area contributed by atoms with Gasteiger partial charge in [0.25, 0.3) is 0 Å². The summed E-state index contributed by atoms with van der Waals surface area (Å²) in [6.45, 7) is 3.16. The molecule has 98 valence electrons. The van der Waals surface area contributed by atoms with Gasteiger partial charge in [-0.05, 0) is 24.1 Å². The van der Waals surface area contributed by atoms with E-state index in [0.717, 1.165) is 16.5 Å². The fraction of sp³-hybridized carbons (Fsp3) is 0.500. The highest BCUT2D eigenvalue weighted by molar-refractivity contribution is 9.10. The zero-order valence-electron chi connectivity index (χ0n) is 10.4. The van der Waals surface area contributed by atoms with Gasteiger partial charge in [0.2, 0.25) is 0 Å². The average Bonchev–Trinajstić information content (AvgIpc) is 2.34. The molecule has 2 unspecified atom stereocenters. The first-order valence-electron chi connectivity index (χ1n) is 6.21. The molecule has 1 aliphatic carbocycles.